The monoisotopic (exact) mass is 260 g/mol. The van der Waals surface area contributed by atoms with Gasteiger partial charge in [0.2, 0.25) is 5.88 Å². The molecule has 0 saturated carbocycles. The summed E-state index contributed by atoms with van der Waals surface area (Å²) >= 11 is 0. The van der Waals surface area contributed by atoms with Gasteiger partial charge in [-0.1, -0.05) is 18.2 Å². The molecule has 98 valence electrons. The van der Waals surface area contributed by atoms with Crippen molar-refractivity contribution in [2.75, 3.05) is 13.2 Å². The van der Waals surface area contributed by atoms with E-state index in [1.54, 1.807) is 0 Å². The quantitative estimate of drug-likeness (QED) is 0.795. The van der Waals surface area contributed by atoms with Crippen molar-refractivity contribution in [3.05, 3.63) is 48.2 Å². The Labute approximate surface area is 109 Å². The lowest BCUT2D eigenvalue weighted by molar-refractivity contribution is 0.0689. The first-order chi connectivity index (χ1) is 9.27. The summed E-state index contributed by atoms with van der Waals surface area (Å²) in [6.07, 6.45) is 1.30. The number of carbonyl (C=O) groups is 1. The third-order valence-electron chi connectivity index (χ3n) is 2.25. The predicted molar refractivity (Wildman–Crippen MR) is 66.4 cm³/mol. The molecule has 0 aliphatic carbocycles. The molecule has 0 spiro atoms. The van der Waals surface area contributed by atoms with E-state index in [0.29, 0.717) is 6.61 Å². The van der Waals surface area contributed by atoms with Gasteiger partial charge < -0.3 is 14.6 Å². The van der Waals surface area contributed by atoms with Crippen LogP contribution in [0.1, 0.15) is 10.4 Å². The Morgan fingerprint density at radius 2 is 1.84 bits per heavy atom. The molecule has 6 heteroatoms. The van der Waals surface area contributed by atoms with Crippen molar-refractivity contribution in [3.63, 3.8) is 0 Å². The summed E-state index contributed by atoms with van der Waals surface area (Å²) in [7, 11) is 0. The second-order valence-electron chi connectivity index (χ2n) is 3.57. The van der Waals surface area contributed by atoms with Crippen molar-refractivity contribution in [1.82, 2.24) is 10.2 Å². The minimum absolute atomic E-state index is 0.00772. The van der Waals surface area contributed by atoms with Gasteiger partial charge >= 0.3 is 5.97 Å². The molecule has 2 aromatic rings. The van der Waals surface area contributed by atoms with Crippen LogP contribution in [-0.2, 0) is 0 Å². The summed E-state index contributed by atoms with van der Waals surface area (Å²) < 4.78 is 10.6. The highest BCUT2D eigenvalue weighted by Crippen LogP contribution is 2.13. The number of para-hydroxylation sites is 1. The van der Waals surface area contributed by atoms with Crippen molar-refractivity contribution in [2.45, 2.75) is 0 Å². The van der Waals surface area contributed by atoms with Crippen LogP contribution < -0.4 is 9.47 Å². The SMILES string of the molecule is O=C(O)c1ccnnc1OCCOc1ccccc1. The number of ether oxygens (including phenoxy) is 2. The van der Waals surface area contributed by atoms with Crippen molar-refractivity contribution in [1.29, 1.82) is 0 Å². The Bertz CT molecular complexity index is 545. The lowest BCUT2D eigenvalue weighted by Crippen LogP contribution is -2.12. The van der Waals surface area contributed by atoms with Crippen LogP contribution in [0.25, 0.3) is 0 Å². The van der Waals surface area contributed by atoms with Crippen LogP contribution in [0, 0.1) is 0 Å². The number of hydrogen-bond acceptors (Lipinski definition) is 5. The highest BCUT2D eigenvalue weighted by atomic mass is 16.5. The molecule has 1 aromatic carbocycles. The third-order valence-corrected chi connectivity index (χ3v) is 2.25. The summed E-state index contributed by atoms with van der Waals surface area (Å²) in [5.41, 5.74) is -0.0188. The third kappa shape index (κ3) is 3.67. The van der Waals surface area contributed by atoms with Gasteiger partial charge in [-0.25, -0.2) is 4.79 Å². The van der Waals surface area contributed by atoms with Gasteiger partial charge in [0.15, 0.2) is 0 Å². The molecule has 0 aliphatic heterocycles. The molecule has 1 N–H and O–H groups in total. The first-order valence-corrected chi connectivity index (χ1v) is 5.63. The zero-order valence-electron chi connectivity index (χ0n) is 10.0. The summed E-state index contributed by atoms with van der Waals surface area (Å²) in [6, 6.07) is 10.6. The first kappa shape index (κ1) is 12.8. The van der Waals surface area contributed by atoms with Crippen LogP contribution in [0.15, 0.2) is 42.6 Å². The molecule has 0 fully saturated rings. The molecule has 19 heavy (non-hydrogen) atoms. The van der Waals surface area contributed by atoms with Crippen LogP contribution in [0.3, 0.4) is 0 Å². The van der Waals surface area contributed by atoms with Gasteiger partial charge in [-0.05, 0) is 18.2 Å². The molecule has 0 unspecified atom stereocenters. The highest BCUT2D eigenvalue weighted by molar-refractivity contribution is 5.89. The number of aromatic nitrogens is 2. The lowest BCUT2D eigenvalue weighted by atomic mass is 10.3. The maximum absolute atomic E-state index is 10.9. The van der Waals surface area contributed by atoms with Gasteiger partial charge in [-0.15, -0.1) is 5.10 Å². The summed E-state index contributed by atoms with van der Waals surface area (Å²) in [5, 5.41) is 16.1. The zero-order valence-corrected chi connectivity index (χ0v) is 10.0. The number of hydrogen-bond donors (Lipinski definition) is 1. The molecule has 0 atom stereocenters. The van der Waals surface area contributed by atoms with E-state index in [1.807, 2.05) is 30.3 Å². The van der Waals surface area contributed by atoms with Gasteiger partial charge in [0, 0.05) is 0 Å². The van der Waals surface area contributed by atoms with Crippen molar-refractivity contribution in [3.8, 4) is 11.6 Å². The Morgan fingerprint density at radius 3 is 2.58 bits per heavy atom. The Balaban J connectivity index is 1.85. The van der Waals surface area contributed by atoms with Crippen LogP contribution in [0.4, 0.5) is 0 Å². The molecule has 2 rings (SSSR count). The molecule has 1 heterocycles. The van der Waals surface area contributed by atoms with Crippen LogP contribution in [-0.4, -0.2) is 34.5 Å². The molecule has 0 aliphatic rings. The number of benzene rings is 1. The van der Waals surface area contributed by atoms with Crippen LogP contribution >= 0.6 is 0 Å². The van der Waals surface area contributed by atoms with E-state index in [-0.39, 0.29) is 18.1 Å². The van der Waals surface area contributed by atoms with E-state index in [4.69, 9.17) is 14.6 Å². The number of carboxylic acids is 1. The first-order valence-electron chi connectivity index (χ1n) is 5.63. The normalized spacial score (nSPS) is 9.89. The van der Waals surface area contributed by atoms with E-state index in [1.165, 1.54) is 12.3 Å². The van der Waals surface area contributed by atoms with Gasteiger partial charge in [0.25, 0.3) is 0 Å². The van der Waals surface area contributed by atoms with E-state index in [2.05, 4.69) is 10.2 Å². The van der Waals surface area contributed by atoms with Crippen LogP contribution in [0.5, 0.6) is 11.6 Å². The lowest BCUT2D eigenvalue weighted by Gasteiger charge is -2.08. The molecule has 0 amide bonds. The maximum Gasteiger partial charge on any atom is 0.341 e. The smallest absolute Gasteiger partial charge is 0.341 e. The summed E-state index contributed by atoms with van der Waals surface area (Å²) in [6.45, 7) is 0.480. The number of carboxylic acid groups (broad SMARTS) is 1. The average Bonchev–Trinajstić information content (AvgIpc) is 2.45. The second-order valence-corrected chi connectivity index (χ2v) is 3.57. The molecule has 0 saturated heterocycles. The highest BCUT2D eigenvalue weighted by Gasteiger charge is 2.12. The summed E-state index contributed by atoms with van der Waals surface area (Å²) in [5.74, 6) is -0.385. The second kappa shape index (κ2) is 6.34. The van der Waals surface area contributed by atoms with Crippen molar-refractivity contribution in [2.24, 2.45) is 0 Å². The predicted octanol–water partition coefficient (Wildman–Crippen LogP) is 1.63. The minimum atomic E-state index is -1.10. The Kier molecular flexibility index (Phi) is 4.28. The van der Waals surface area contributed by atoms with E-state index in [0.717, 1.165) is 5.75 Å². The fourth-order valence-corrected chi connectivity index (χ4v) is 1.40. The average molecular weight is 260 g/mol. The van der Waals surface area contributed by atoms with Gasteiger partial charge in [-0.2, -0.15) is 5.10 Å². The maximum atomic E-state index is 10.9. The van der Waals surface area contributed by atoms with Crippen molar-refractivity contribution >= 4 is 5.97 Å². The number of rotatable bonds is 6. The van der Waals surface area contributed by atoms with E-state index >= 15 is 0 Å². The minimum Gasteiger partial charge on any atom is -0.490 e. The topological polar surface area (TPSA) is 81.5 Å². The molecule has 0 bridgehead atoms. The zero-order chi connectivity index (χ0) is 13.5. The number of nitrogens with zero attached hydrogens (tertiary/aromatic N) is 2. The largest absolute Gasteiger partial charge is 0.490 e. The molecular weight excluding hydrogens is 248 g/mol. The van der Waals surface area contributed by atoms with E-state index in [9.17, 15) is 4.79 Å². The van der Waals surface area contributed by atoms with Gasteiger partial charge in [0.1, 0.15) is 24.5 Å². The Hall–Kier alpha value is -2.63. The standard InChI is InChI=1S/C13H12N2O4/c16-13(17)11-6-7-14-15-12(11)19-9-8-18-10-4-2-1-3-5-10/h1-7H,8-9H2,(H,16,17). The molecule has 0 radical (unpaired) electrons. The summed E-state index contributed by atoms with van der Waals surface area (Å²) in [4.78, 5) is 10.9. The van der Waals surface area contributed by atoms with Gasteiger partial charge in [0.05, 0.1) is 6.20 Å². The van der Waals surface area contributed by atoms with Crippen molar-refractivity contribution < 1.29 is 19.4 Å². The van der Waals surface area contributed by atoms with Gasteiger partial charge in [-0.3, -0.25) is 0 Å². The molecule has 6 nitrogen and oxygen atoms in total. The Morgan fingerprint density at radius 1 is 1.11 bits per heavy atom. The van der Waals surface area contributed by atoms with E-state index < -0.39 is 5.97 Å². The fourth-order valence-electron chi connectivity index (χ4n) is 1.40. The van der Waals surface area contributed by atoms with Crippen LogP contribution in [0.2, 0.25) is 0 Å². The molecule has 1 aromatic heterocycles. The molecular formula is C13H12N2O4. The fraction of sp³-hybridized carbons (Fsp3) is 0.154. The number of aromatic carboxylic acids is 1.